The van der Waals surface area contributed by atoms with E-state index in [-0.39, 0.29) is 22.6 Å². The molecular formula is C23H22F2N2O4. The van der Waals surface area contributed by atoms with Crippen molar-refractivity contribution in [3.8, 4) is 17.0 Å². The minimum atomic E-state index is -3.04. The summed E-state index contributed by atoms with van der Waals surface area (Å²) in [4.78, 5) is 28.7. The fraction of sp³-hybridized carbons (Fsp3) is 0.348. The number of ether oxygens (including phenoxy) is 1. The number of carboxylic acids is 1. The van der Waals surface area contributed by atoms with Gasteiger partial charge in [-0.2, -0.15) is 8.78 Å². The van der Waals surface area contributed by atoms with Crippen molar-refractivity contribution in [2.45, 2.75) is 39.7 Å². The molecule has 0 unspecified atom stereocenters. The van der Waals surface area contributed by atoms with Gasteiger partial charge in [0.15, 0.2) is 5.75 Å². The van der Waals surface area contributed by atoms with Gasteiger partial charge < -0.3 is 14.4 Å². The van der Waals surface area contributed by atoms with Crippen molar-refractivity contribution in [3.63, 3.8) is 0 Å². The van der Waals surface area contributed by atoms with Gasteiger partial charge in [0.2, 0.25) is 0 Å². The van der Waals surface area contributed by atoms with Crippen molar-refractivity contribution in [1.29, 1.82) is 0 Å². The molecule has 1 aromatic carbocycles. The number of hydrogen-bond donors (Lipinski definition) is 1. The SMILES string of the molecule is Cn1c2c(cc(C(=O)O)c1=O)[C@H](C(C)(C)C)Cc1c-2cc(OC(F)F)c2ncccc12. The molecule has 1 atom stereocenters. The van der Waals surface area contributed by atoms with Crippen LogP contribution in [0.4, 0.5) is 8.78 Å². The molecule has 0 saturated carbocycles. The van der Waals surface area contributed by atoms with Crippen molar-refractivity contribution in [2.24, 2.45) is 12.5 Å². The van der Waals surface area contributed by atoms with Gasteiger partial charge in [0.1, 0.15) is 11.1 Å². The third-order valence-corrected chi connectivity index (χ3v) is 5.94. The lowest BCUT2D eigenvalue weighted by Crippen LogP contribution is -2.32. The highest BCUT2D eigenvalue weighted by atomic mass is 19.3. The Balaban J connectivity index is 2.15. The summed E-state index contributed by atoms with van der Waals surface area (Å²) in [6.07, 6.45) is 2.06. The van der Waals surface area contributed by atoms with Gasteiger partial charge in [0.05, 0.1) is 5.69 Å². The summed E-state index contributed by atoms with van der Waals surface area (Å²) in [7, 11) is 1.50. The van der Waals surface area contributed by atoms with Crippen molar-refractivity contribution >= 4 is 16.9 Å². The standard InChI is InChI=1S/C23H22F2N2O4/c1-23(2,3)16-9-12-11-6-5-7-26-18(11)17(31-22(24)25)10-13(12)19-14(16)8-15(21(29)30)20(28)27(19)4/h5-8,10,16,22H,9H2,1-4H3,(H,29,30)/t16-/m1/s1. The zero-order valence-electron chi connectivity index (χ0n) is 17.6. The molecule has 6 nitrogen and oxygen atoms in total. The Kier molecular flexibility index (Phi) is 4.83. The maximum atomic E-state index is 13.1. The van der Waals surface area contributed by atoms with E-state index >= 15 is 0 Å². The van der Waals surface area contributed by atoms with E-state index in [9.17, 15) is 23.5 Å². The second-order valence-corrected chi connectivity index (χ2v) is 8.83. The predicted octanol–water partition coefficient (Wildman–Crippen LogP) is 4.59. The summed E-state index contributed by atoms with van der Waals surface area (Å²) in [5.74, 6) is -1.49. The van der Waals surface area contributed by atoms with E-state index in [0.29, 0.717) is 34.1 Å². The van der Waals surface area contributed by atoms with Crippen LogP contribution in [0.25, 0.3) is 22.2 Å². The van der Waals surface area contributed by atoms with E-state index in [1.807, 2.05) is 20.8 Å². The van der Waals surface area contributed by atoms with Crippen LogP contribution in [0.1, 0.15) is 48.2 Å². The smallest absolute Gasteiger partial charge is 0.387 e. The highest BCUT2D eigenvalue weighted by Crippen LogP contribution is 2.50. The second kappa shape index (κ2) is 7.14. The van der Waals surface area contributed by atoms with Gasteiger partial charge in [-0.1, -0.05) is 26.8 Å². The molecule has 1 aliphatic carbocycles. The molecule has 1 aliphatic rings. The maximum Gasteiger partial charge on any atom is 0.387 e. The van der Waals surface area contributed by atoms with Crippen LogP contribution in [0.2, 0.25) is 0 Å². The first-order chi connectivity index (χ1) is 14.5. The van der Waals surface area contributed by atoms with Crippen molar-refractivity contribution in [3.05, 3.63) is 57.5 Å². The lowest BCUT2D eigenvalue weighted by Gasteiger charge is -2.38. The first-order valence-corrected chi connectivity index (χ1v) is 9.83. The number of alkyl halides is 2. The molecule has 0 spiro atoms. The molecule has 0 amide bonds. The van der Waals surface area contributed by atoms with E-state index in [4.69, 9.17) is 4.74 Å². The number of benzene rings is 1. The third-order valence-electron chi connectivity index (χ3n) is 5.94. The highest BCUT2D eigenvalue weighted by molar-refractivity contribution is 5.96. The molecule has 1 N–H and O–H groups in total. The van der Waals surface area contributed by atoms with Crippen molar-refractivity contribution in [2.75, 3.05) is 0 Å². The Morgan fingerprint density at radius 1 is 1.32 bits per heavy atom. The fourth-order valence-corrected chi connectivity index (χ4v) is 4.50. The van der Waals surface area contributed by atoms with Crippen LogP contribution in [0, 0.1) is 5.41 Å². The van der Waals surface area contributed by atoms with E-state index in [1.165, 1.54) is 29.9 Å². The van der Waals surface area contributed by atoms with Crippen molar-refractivity contribution < 1.29 is 23.4 Å². The van der Waals surface area contributed by atoms with Crippen LogP contribution in [0.15, 0.2) is 35.3 Å². The molecule has 4 rings (SSSR count). The maximum absolute atomic E-state index is 13.1. The molecule has 162 valence electrons. The van der Waals surface area contributed by atoms with Crippen LogP contribution >= 0.6 is 0 Å². The molecule has 31 heavy (non-hydrogen) atoms. The van der Waals surface area contributed by atoms with Crippen LogP contribution in [0.3, 0.4) is 0 Å². The average molecular weight is 428 g/mol. The van der Waals surface area contributed by atoms with Crippen LogP contribution < -0.4 is 10.3 Å². The number of pyridine rings is 2. The number of carboxylic acid groups (broad SMARTS) is 1. The highest BCUT2D eigenvalue weighted by Gasteiger charge is 2.37. The summed E-state index contributed by atoms with van der Waals surface area (Å²) in [6, 6.07) is 6.44. The molecular weight excluding hydrogens is 406 g/mol. The van der Waals surface area contributed by atoms with E-state index in [1.54, 1.807) is 12.1 Å². The number of aromatic carboxylic acids is 1. The number of rotatable bonds is 3. The fourth-order valence-electron chi connectivity index (χ4n) is 4.50. The summed E-state index contributed by atoms with van der Waals surface area (Å²) in [5, 5.41) is 10.2. The number of carbonyl (C=O) groups is 1. The third kappa shape index (κ3) is 3.36. The van der Waals surface area contributed by atoms with Crippen LogP contribution in [-0.2, 0) is 13.5 Å². The summed E-state index contributed by atoms with van der Waals surface area (Å²) < 4.78 is 32.3. The molecule has 0 radical (unpaired) electrons. The number of fused-ring (bicyclic) bond motifs is 5. The van der Waals surface area contributed by atoms with Gasteiger partial charge in [-0.15, -0.1) is 0 Å². The molecule has 2 aromatic heterocycles. The summed E-state index contributed by atoms with van der Waals surface area (Å²) >= 11 is 0. The van der Waals surface area contributed by atoms with E-state index in [0.717, 1.165) is 5.56 Å². The molecule has 0 fully saturated rings. The van der Waals surface area contributed by atoms with Crippen LogP contribution in [-0.4, -0.2) is 27.2 Å². The van der Waals surface area contributed by atoms with Crippen LogP contribution in [0.5, 0.6) is 5.75 Å². The van der Waals surface area contributed by atoms with Crippen molar-refractivity contribution in [1.82, 2.24) is 9.55 Å². The molecule has 8 heteroatoms. The molecule has 0 bridgehead atoms. The number of nitrogens with zero attached hydrogens (tertiary/aromatic N) is 2. The quantitative estimate of drug-likeness (QED) is 0.660. The zero-order valence-corrected chi connectivity index (χ0v) is 17.6. The summed E-state index contributed by atoms with van der Waals surface area (Å²) in [5.41, 5.74) is 1.75. The van der Waals surface area contributed by atoms with E-state index in [2.05, 4.69) is 4.98 Å². The topological polar surface area (TPSA) is 81.4 Å². The molecule has 0 aliphatic heterocycles. The van der Waals surface area contributed by atoms with Gasteiger partial charge in [-0.25, -0.2) is 4.79 Å². The normalized spacial score (nSPS) is 15.6. The number of hydrogen-bond acceptors (Lipinski definition) is 4. The monoisotopic (exact) mass is 428 g/mol. The average Bonchev–Trinajstić information content (AvgIpc) is 2.68. The van der Waals surface area contributed by atoms with Gasteiger partial charge in [0, 0.05) is 24.2 Å². The minimum Gasteiger partial charge on any atom is -0.477 e. The van der Waals surface area contributed by atoms with Gasteiger partial charge in [0.25, 0.3) is 5.56 Å². The Labute approximate surface area is 177 Å². The van der Waals surface area contributed by atoms with Gasteiger partial charge in [-0.3, -0.25) is 9.78 Å². The summed E-state index contributed by atoms with van der Waals surface area (Å²) in [6.45, 7) is 3.11. The lowest BCUT2D eigenvalue weighted by atomic mass is 9.68. The molecule has 2 heterocycles. The largest absolute Gasteiger partial charge is 0.477 e. The first kappa shape index (κ1) is 21.0. The Hall–Kier alpha value is -3.29. The Morgan fingerprint density at radius 3 is 2.65 bits per heavy atom. The van der Waals surface area contributed by atoms with E-state index < -0.39 is 18.1 Å². The number of aromatic nitrogens is 2. The Morgan fingerprint density at radius 2 is 2.03 bits per heavy atom. The van der Waals surface area contributed by atoms with Gasteiger partial charge in [-0.05, 0) is 47.1 Å². The lowest BCUT2D eigenvalue weighted by molar-refractivity contribution is -0.0489. The predicted molar refractivity (Wildman–Crippen MR) is 112 cm³/mol. The minimum absolute atomic E-state index is 0.0840. The number of halogens is 2. The zero-order chi connectivity index (χ0) is 22.7. The second-order valence-electron chi connectivity index (χ2n) is 8.83. The first-order valence-electron chi connectivity index (χ1n) is 9.83. The Bertz CT molecular complexity index is 1280. The molecule has 3 aromatic rings. The molecule has 0 saturated heterocycles. The van der Waals surface area contributed by atoms with Gasteiger partial charge >= 0.3 is 12.6 Å².